The van der Waals surface area contributed by atoms with E-state index in [1.54, 1.807) is 9.80 Å². The molecule has 1 aliphatic rings. The monoisotopic (exact) mass is 1900 g/mol. The molecule has 4 aromatic carbocycles. The first kappa shape index (κ1) is 113. The fourth-order valence-corrected chi connectivity index (χ4v) is 15.0. The van der Waals surface area contributed by atoms with Crippen LogP contribution in [0.3, 0.4) is 0 Å². The first-order chi connectivity index (χ1) is 65.4. The number of hydrogen-bond donors (Lipinski definition) is 20. The topological polar surface area (TPSA) is 604 Å². The molecule has 1 fully saturated rings. The number of nitrogens with zero attached hydrogens (tertiary/aromatic N) is 2. The lowest BCUT2D eigenvalue weighted by molar-refractivity contribution is -0.142. The number of urea groups is 2. The van der Waals surface area contributed by atoms with Crippen molar-refractivity contribution < 1.29 is 117 Å². The van der Waals surface area contributed by atoms with Crippen molar-refractivity contribution >= 4 is 107 Å². The molecule has 136 heavy (non-hydrogen) atoms. The van der Waals surface area contributed by atoms with Crippen LogP contribution in [0.25, 0.3) is 0 Å². The van der Waals surface area contributed by atoms with Gasteiger partial charge >= 0.3 is 47.9 Å². The molecule has 40 nitrogen and oxygen atoms in total. The summed E-state index contributed by atoms with van der Waals surface area (Å²) in [5.41, 5.74) is 3.07. The average Bonchev–Trinajstić information content (AvgIpc) is 0.860. The summed E-state index contributed by atoms with van der Waals surface area (Å²) in [6.07, 6.45) is 8.65. The van der Waals surface area contributed by atoms with Gasteiger partial charge in [-0.1, -0.05) is 160 Å². The molecule has 0 radical (unpaired) electrons. The Kier molecular flexibility index (Phi) is 55.9. The molecular formula is C96H140N16O24. The molecule has 14 amide bonds. The summed E-state index contributed by atoms with van der Waals surface area (Å²) in [5.74, 6) is -11.9. The minimum atomic E-state index is -1.54. The average molecular weight is 1900 g/mol. The zero-order valence-corrected chi connectivity index (χ0v) is 77.6. The molecule has 1 aliphatic heterocycles. The highest BCUT2D eigenvalue weighted by Crippen LogP contribution is 2.16. The SMILES string of the molecule is O=C(O)CCC(NC(=O)NC(CCCCNC(=O)CCCCCCCNC(=O)C(Cc1ccccc1)NC(=O)C(Cc1ccccc1)NC(=O)CCCC(=O)N1CCCN(C(=O)CCCC(=O)NC(Cc2ccccc2)C(=O)NC(Cc2ccccc2)C(=O)NCCCCCCCC(=O)NCCCCC(NC(=O)NC(CCC(=O)O)C(=O)O)C(=O)O)CCNCCCNCC1)C(=O)O)C(=O)O. The second kappa shape index (κ2) is 67.1. The van der Waals surface area contributed by atoms with E-state index in [0.29, 0.717) is 123 Å². The number of carbonyl (C=O) groups is 18. The standard InChI is InChI=1S/C96H140N16O24/c113-79(99-53-25-21-39-71(91(127)128)107-95(135)109-73(93(131)132)47-49-85(119)120)41-19-3-1-5-23-55-101-87(123)75(63-67-31-11-7-12-32-67)105-89(125)77(65-69-35-15-9-16-36-69)103-81(115)43-27-45-83(117)111-59-30-60-112(62-58-98-52-29-51-97-57-61-111)84(118)46-28-44-82(116)104-78(66-70-37-17-10-18-38-70)90(126)106-76(64-68-33-13-8-14-34-68)88(124)102-56-24-6-2-4-20-42-80(114)100-54-26-22-40-72(92(129)130)108-96(136)110-74(94(133)134)48-50-86(121)122/h7-18,31-38,71-78,97-98H,1-6,19-30,39-66H2,(H,99,113)(H,100,114)(H,101,123)(H,102,124)(H,103,115)(H,104,116)(H,105,125)(H,106,126)(H,119,120)(H,121,122)(H,127,128)(H,129,130)(H,131,132)(H,133,134)(H2,107,109,135)(H2,108,110,136). The Morgan fingerprint density at radius 2 is 0.544 bits per heavy atom. The summed E-state index contributed by atoms with van der Waals surface area (Å²) in [7, 11) is 0. The Bertz CT molecular complexity index is 4120. The van der Waals surface area contributed by atoms with E-state index in [-0.39, 0.29) is 127 Å². The summed E-state index contributed by atoms with van der Waals surface area (Å²) >= 11 is 0. The van der Waals surface area contributed by atoms with Gasteiger partial charge in [-0.25, -0.2) is 28.8 Å². The van der Waals surface area contributed by atoms with Crippen LogP contribution in [0.4, 0.5) is 9.59 Å². The van der Waals surface area contributed by atoms with E-state index >= 15 is 0 Å². The lowest BCUT2D eigenvalue weighted by Crippen LogP contribution is -2.55. The largest absolute Gasteiger partial charge is 0.481 e. The van der Waals surface area contributed by atoms with Gasteiger partial charge in [0.15, 0.2) is 0 Å². The van der Waals surface area contributed by atoms with Gasteiger partial charge in [-0.3, -0.25) is 57.5 Å². The van der Waals surface area contributed by atoms with Gasteiger partial charge in [0.25, 0.3) is 0 Å². The number of carbonyl (C=O) groups excluding carboxylic acids is 12. The first-order valence-electron chi connectivity index (χ1n) is 47.3. The molecule has 4 aromatic rings. The van der Waals surface area contributed by atoms with Gasteiger partial charge < -0.3 is 115 Å². The highest BCUT2D eigenvalue weighted by molar-refractivity contribution is 5.94. The molecular weight excluding hydrogens is 1760 g/mol. The van der Waals surface area contributed by atoms with Crippen molar-refractivity contribution in [1.82, 2.24) is 84.2 Å². The molecule has 40 heteroatoms. The van der Waals surface area contributed by atoms with Crippen LogP contribution in [0.5, 0.6) is 0 Å². The molecule has 0 spiro atoms. The lowest BCUT2D eigenvalue weighted by atomic mass is 10.0. The second-order valence-corrected chi connectivity index (χ2v) is 33.8. The van der Waals surface area contributed by atoms with E-state index in [4.69, 9.17) is 10.2 Å². The Morgan fingerprint density at radius 3 is 0.868 bits per heavy atom. The van der Waals surface area contributed by atoms with Gasteiger partial charge in [-0.05, 0) is 138 Å². The van der Waals surface area contributed by atoms with Crippen LogP contribution in [-0.4, -0.2) is 274 Å². The third-order valence-electron chi connectivity index (χ3n) is 22.6. The van der Waals surface area contributed by atoms with Crippen molar-refractivity contribution in [3.63, 3.8) is 0 Å². The number of aliphatic carboxylic acids is 6. The molecule has 0 saturated carbocycles. The Labute approximate surface area is 793 Å². The molecule has 8 atom stereocenters. The number of carboxylic acids is 6. The molecule has 748 valence electrons. The van der Waals surface area contributed by atoms with Crippen LogP contribution in [0.1, 0.15) is 215 Å². The fraction of sp³-hybridized carbons (Fsp3) is 0.562. The maximum Gasteiger partial charge on any atom is 0.326 e. The molecule has 0 bridgehead atoms. The van der Waals surface area contributed by atoms with E-state index in [0.717, 1.165) is 67.2 Å². The quantitative estimate of drug-likeness (QED) is 0.0271. The molecule has 5 rings (SSSR count). The summed E-state index contributed by atoms with van der Waals surface area (Å²) in [5, 5.41) is 94.0. The summed E-state index contributed by atoms with van der Waals surface area (Å²) in [6, 6.07) is 24.3. The van der Waals surface area contributed by atoms with Crippen LogP contribution >= 0.6 is 0 Å². The van der Waals surface area contributed by atoms with Gasteiger partial charge in [0.05, 0.1) is 0 Å². The van der Waals surface area contributed by atoms with Crippen molar-refractivity contribution in [2.45, 2.75) is 267 Å². The second-order valence-electron chi connectivity index (χ2n) is 33.8. The highest BCUT2D eigenvalue weighted by atomic mass is 16.4. The molecule has 1 heterocycles. The molecule has 20 N–H and O–H groups in total. The van der Waals surface area contributed by atoms with Crippen molar-refractivity contribution in [2.24, 2.45) is 0 Å². The van der Waals surface area contributed by atoms with Crippen LogP contribution in [0.15, 0.2) is 121 Å². The number of unbranched alkanes of at least 4 members (excludes halogenated alkanes) is 10. The van der Waals surface area contributed by atoms with Crippen molar-refractivity contribution in [1.29, 1.82) is 0 Å². The highest BCUT2D eigenvalue weighted by Gasteiger charge is 2.33. The van der Waals surface area contributed by atoms with E-state index in [1.807, 2.05) is 121 Å². The number of rotatable bonds is 64. The van der Waals surface area contributed by atoms with Gasteiger partial charge in [0.2, 0.25) is 59.1 Å². The third-order valence-corrected chi connectivity index (χ3v) is 22.6. The number of hydrogen-bond acceptors (Lipinski definition) is 20. The number of nitrogens with one attached hydrogen (secondary N) is 14. The fourth-order valence-electron chi connectivity index (χ4n) is 15.0. The normalized spacial score (nSPS) is 14.1. The summed E-state index contributed by atoms with van der Waals surface area (Å²) in [6.45, 7) is 4.75. The molecule has 0 aromatic heterocycles. The Morgan fingerprint density at radius 1 is 0.257 bits per heavy atom. The zero-order valence-electron chi connectivity index (χ0n) is 77.6. The van der Waals surface area contributed by atoms with Crippen molar-refractivity contribution in [3.05, 3.63) is 144 Å². The lowest BCUT2D eigenvalue weighted by Gasteiger charge is -2.27. The number of carboxylic acid groups (broad SMARTS) is 6. The summed E-state index contributed by atoms with van der Waals surface area (Å²) in [4.78, 5) is 234. The van der Waals surface area contributed by atoms with E-state index in [9.17, 15) is 107 Å². The van der Waals surface area contributed by atoms with E-state index in [1.165, 1.54) is 0 Å². The smallest absolute Gasteiger partial charge is 0.326 e. The zero-order chi connectivity index (χ0) is 99.0. The maximum atomic E-state index is 14.4. The molecule has 8 unspecified atom stereocenters. The first-order valence-corrected chi connectivity index (χ1v) is 47.3. The van der Waals surface area contributed by atoms with Gasteiger partial charge in [0, 0.05) is 142 Å². The van der Waals surface area contributed by atoms with Crippen LogP contribution in [0.2, 0.25) is 0 Å². The number of benzene rings is 4. The van der Waals surface area contributed by atoms with Crippen molar-refractivity contribution in [3.8, 4) is 0 Å². The van der Waals surface area contributed by atoms with Crippen LogP contribution in [-0.2, 0) is 102 Å². The van der Waals surface area contributed by atoms with E-state index < -0.39 is 157 Å². The Hall–Kier alpha value is -13.1. The third kappa shape index (κ3) is 50.8. The van der Waals surface area contributed by atoms with E-state index in [2.05, 4.69) is 74.4 Å². The van der Waals surface area contributed by atoms with Crippen LogP contribution in [0, 0.1) is 0 Å². The molecule has 1 saturated heterocycles. The van der Waals surface area contributed by atoms with Gasteiger partial charge in [-0.15, -0.1) is 0 Å². The summed E-state index contributed by atoms with van der Waals surface area (Å²) < 4.78 is 0. The van der Waals surface area contributed by atoms with Crippen molar-refractivity contribution in [2.75, 3.05) is 78.5 Å². The Balaban J connectivity index is 1.06. The predicted molar refractivity (Wildman–Crippen MR) is 502 cm³/mol. The van der Waals surface area contributed by atoms with Crippen LogP contribution < -0.4 is 74.4 Å². The number of amides is 14. The predicted octanol–water partition coefficient (Wildman–Crippen LogP) is 4.49. The minimum Gasteiger partial charge on any atom is -0.481 e. The van der Waals surface area contributed by atoms with Gasteiger partial charge in [-0.2, -0.15) is 0 Å². The minimum absolute atomic E-state index is 0.0101. The maximum absolute atomic E-state index is 14.4. The molecule has 0 aliphatic carbocycles. The van der Waals surface area contributed by atoms with Gasteiger partial charge in [0.1, 0.15) is 48.3 Å².